The van der Waals surface area contributed by atoms with E-state index >= 15 is 0 Å². The molecular formula is C11H18N2O. The van der Waals surface area contributed by atoms with Gasteiger partial charge in [-0.15, -0.1) is 0 Å². The summed E-state index contributed by atoms with van der Waals surface area (Å²) in [5.41, 5.74) is 6.75. The fraction of sp³-hybridized carbons (Fsp3) is 0.455. The molecule has 3 heteroatoms. The maximum atomic E-state index is 5.50. The molecule has 1 aromatic carbocycles. The number of hydrogen-bond acceptors (Lipinski definition) is 3. The summed E-state index contributed by atoms with van der Waals surface area (Å²) in [5, 5.41) is 0. The van der Waals surface area contributed by atoms with Gasteiger partial charge in [0.1, 0.15) is 5.75 Å². The summed E-state index contributed by atoms with van der Waals surface area (Å²) in [6.45, 7) is 4.15. The zero-order valence-corrected chi connectivity index (χ0v) is 8.86. The van der Waals surface area contributed by atoms with Crippen molar-refractivity contribution in [2.75, 3.05) is 20.3 Å². The van der Waals surface area contributed by atoms with Gasteiger partial charge in [-0.25, -0.2) is 0 Å². The van der Waals surface area contributed by atoms with Gasteiger partial charge in [-0.05, 0) is 31.7 Å². The van der Waals surface area contributed by atoms with E-state index in [1.165, 1.54) is 5.56 Å². The molecule has 0 aliphatic carbocycles. The average molecular weight is 194 g/mol. The highest BCUT2D eigenvalue weighted by atomic mass is 16.5. The molecule has 0 aliphatic heterocycles. The Kier molecular flexibility index (Phi) is 4.43. The van der Waals surface area contributed by atoms with Crippen molar-refractivity contribution >= 4 is 0 Å². The summed E-state index contributed by atoms with van der Waals surface area (Å²) >= 11 is 0. The second-order valence-electron chi connectivity index (χ2n) is 3.27. The fourth-order valence-corrected chi connectivity index (χ4v) is 1.23. The third-order valence-electron chi connectivity index (χ3n) is 2.00. The van der Waals surface area contributed by atoms with Crippen LogP contribution in [0, 0.1) is 0 Å². The van der Waals surface area contributed by atoms with E-state index in [1.807, 2.05) is 26.1 Å². The van der Waals surface area contributed by atoms with Crippen LogP contribution < -0.4 is 10.5 Å². The molecule has 14 heavy (non-hydrogen) atoms. The number of nitrogens with two attached hydrogens (primary N) is 1. The second kappa shape index (κ2) is 5.62. The first-order valence-electron chi connectivity index (χ1n) is 4.86. The topological polar surface area (TPSA) is 38.5 Å². The minimum absolute atomic E-state index is 0.577. The molecule has 0 spiro atoms. The van der Waals surface area contributed by atoms with Gasteiger partial charge in [0.15, 0.2) is 0 Å². The molecule has 0 aromatic heterocycles. The van der Waals surface area contributed by atoms with E-state index in [-0.39, 0.29) is 0 Å². The normalized spacial score (nSPS) is 10.6. The van der Waals surface area contributed by atoms with Crippen LogP contribution in [0.15, 0.2) is 24.3 Å². The zero-order valence-electron chi connectivity index (χ0n) is 8.86. The molecule has 0 saturated carbocycles. The minimum atomic E-state index is 0.577. The van der Waals surface area contributed by atoms with Crippen molar-refractivity contribution in [2.24, 2.45) is 5.73 Å². The van der Waals surface area contributed by atoms with Crippen molar-refractivity contribution in [3.8, 4) is 5.75 Å². The van der Waals surface area contributed by atoms with Crippen LogP contribution in [0.25, 0.3) is 0 Å². The Balaban J connectivity index is 2.54. The first-order chi connectivity index (χ1) is 6.76. The summed E-state index contributed by atoms with van der Waals surface area (Å²) in [5.74, 6) is 0.923. The SMILES string of the molecule is CCOc1ccc(CN(C)CN)cc1. The monoisotopic (exact) mass is 194 g/mol. The number of hydrogen-bond donors (Lipinski definition) is 1. The quantitative estimate of drug-likeness (QED) is 0.721. The van der Waals surface area contributed by atoms with E-state index in [0.717, 1.165) is 12.3 Å². The van der Waals surface area contributed by atoms with E-state index in [1.54, 1.807) is 0 Å². The Bertz CT molecular complexity index is 258. The molecule has 1 rings (SSSR count). The molecule has 0 unspecified atom stereocenters. The lowest BCUT2D eigenvalue weighted by molar-refractivity contribution is 0.333. The molecule has 1 aromatic rings. The predicted octanol–water partition coefficient (Wildman–Crippen LogP) is 1.43. The maximum Gasteiger partial charge on any atom is 0.119 e. The molecule has 0 amide bonds. The Morgan fingerprint density at radius 2 is 1.93 bits per heavy atom. The first-order valence-corrected chi connectivity index (χ1v) is 4.86. The number of rotatable bonds is 5. The Morgan fingerprint density at radius 3 is 2.43 bits per heavy atom. The zero-order chi connectivity index (χ0) is 10.4. The van der Waals surface area contributed by atoms with Gasteiger partial charge in [0.2, 0.25) is 0 Å². The van der Waals surface area contributed by atoms with Gasteiger partial charge in [-0.3, -0.25) is 4.90 Å². The highest BCUT2D eigenvalue weighted by Gasteiger charge is 1.98. The lowest BCUT2D eigenvalue weighted by Gasteiger charge is -2.13. The van der Waals surface area contributed by atoms with Gasteiger partial charge < -0.3 is 10.5 Å². The van der Waals surface area contributed by atoms with Crippen molar-refractivity contribution in [1.82, 2.24) is 4.90 Å². The van der Waals surface area contributed by atoms with Crippen LogP contribution in [0.3, 0.4) is 0 Å². The van der Waals surface area contributed by atoms with Crippen molar-refractivity contribution in [3.05, 3.63) is 29.8 Å². The van der Waals surface area contributed by atoms with Crippen LogP contribution in [-0.4, -0.2) is 25.2 Å². The first kappa shape index (κ1) is 11.0. The van der Waals surface area contributed by atoms with Crippen LogP contribution in [-0.2, 0) is 6.54 Å². The van der Waals surface area contributed by atoms with E-state index in [9.17, 15) is 0 Å². The molecule has 0 saturated heterocycles. The molecule has 78 valence electrons. The third-order valence-corrected chi connectivity index (χ3v) is 2.00. The van der Waals surface area contributed by atoms with Crippen molar-refractivity contribution in [2.45, 2.75) is 13.5 Å². The van der Waals surface area contributed by atoms with Crippen LogP contribution in [0.2, 0.25) is 0 Å². The van der Waals surface area contributed by atoms with Crippen LogP contribution >= 0.6 is 0 Å². The molecule has 0 aliphatic rings. The summed E-state index contributed by atoms with van der Waals surface area (Å²) in [6, 6.07) is 8.11. The maximum absolute atomic E-state index is 5.50. The highest BCUT2D eigenvalue weighted by molar-refractivity contribution is 5.27. The van der Waals surface area contributed by atoms with E-state index in [2.05, 4.69) is 17.0 Å². The third kappa shape index (κ3) is 3.36. The van der Waals surface area contributed by atoms with E-state index < -0.39 is 0 Å². The number of nitrogens with zero attached hydrogens (tertiary/aromatic N) is 1. The van der Waals surface area contributed by atoms with E-state index in [0.29, 0.717) is 13.3 Å². The lowest BCUT2D eigenvalue weighted by atomic mass is 10.2. The molecule has 0 fully saturated rings. The summed E-state index contributed by atoms with van der Waals surface area (Å²) in [6.07, 6.45) is 0. The summed E-state index contributed by atoms with van der Waals surface area (Å²) < 4.78 is 5.35. The smallest absolute Gasteiger partial charge is 0.119 e. The van der Waals surface area contributed by atoms with Gasteiger partial charge in [0, 0.05) is 13.2 Å². The van der Waals surface area contributed by atoms with Gasteiger partial charge >= 0.3 is 0 Å². The lowest BCUT2D eigenvalue weighted by Crippen LogP contribution is -2.24. The van der Waals surface area contributed by atoms with Gasteiger partial charge in [0.05, 0.1) is 6.61 Å². The predicted molar refractivity (Wildman–Crippen MR) is 58.1 cm³/mol. The summed E-state index contributed by atoms with van der Waals surface area (Å²) in [4.78, 5) is 2.05. The van der Waals surface area contributed by atoms with Gasteiger partial charge in [-0.1, -0.05) is 12.1 Å². The fourth-order valence-electron chi connectivity index (χ4n) is 1.23. The Morgan fingerprint density at radius 1 is 1.29 bits per heavy atom. The molecule has 0 bridgehead atoms. The second-order valence-corrected chi connectivity index (χ2v) is 3.27. The van der Waals surface area contributed by atoms with Crippen LogP contribution in [0.1, 0.15) is 12.5 Å². The molecule has 0 atom stereocenters. The average Bonchev–Trinajstić information content (AvgIpc) is 2.21. The molecule has 0 radical (unpaired) electrons. The molecular weight excluding hydrogens is 176 g/mol. The molecule has 0 heterocycles. The number of benzene rings is 1. The molecule has 3 nitrogen and oxygen atoms in total. The molecule has 2 N–H and O–H groups in total. The van der Waals surface area contributed by atoms with Crippen molar-refractivity contribution in [3.63, 3.8) is 0 Å². The van der Waals surface area contributed by atoms with Crippen LogP contribution in [0.5, 0.6) is 5.75 Å². The minimum Gasteiger partial charge on any atom is -0.494 e. The van der Waals surface area contributed by atoms with Crippen LogP contribution in [0.4, 0.5) is 0 Å². The summed E-state index contributed by atoms with van der Waals surface area (Å²) in [7, 11) is 2.00. The van der Waals surface area contributed by atoms with Crippen molar-refractivity contribution in [1.29, 1.82) is 0 Å². The van der Waals surface area contributed by atoms with Gasteiger partial charge in [0.25, 0.3) is 0 Å². The Labute approximate surface area is 85.5 Å². The van der Waals surface area contributed by atoms with Gasteiger partial charge in [-0.2, -0.15) is 0 Å². The Hall–Kier alpha value is -1.06. The standard InChI is InChI=1S/C11H18N2O/c1-3-14-11-6-4-10(5-7-11)8-13(2)9-12/h4-7H,3,8-9,12H2,1-2H3. The van der Waals surface area contributed by atoms with Crippen molar-refractivity contribution < 1.29 is 4.74 Å². The van der Waals surface area contributed by atoms with E-state index in [4.69, 9.17) is 10.5 Å². The largest absolute Gasteiger partial charge is 0.494 e. The number of ether oxygens (including phenoxy) is 1. The highest BCUT2D eigenvalue weighted by Crippen LogP contribution is 2.12.